The third-order valence-corrected chi connectivity index (χ3v) is 8.59. The van der Waals surface area contributed by atoms with Gasteiger partial charge < -0.3 is 14.1 Å². The number of furan rings is 1. The first kappa shape index (κ1) is 26.7. The second-order valence-electron chi connectivity index (χ2n) is 9.97. The molecule has 0 spiro atoms. The second kappa shape index (κ2) is 11.1. The molecule has 0 amide bonds. The zero-order valence-corrected chi connectivity index (χ0v) is 24.5. The van der Waals surface area contributed by atoms with E-state index in [1.807, 2.05) is 18.2 Å². The molecular weight excluding hydrogens is 566 g/mol. The molecule has 0 N–H and O–H groups in total. The highest BCUT2D eigenvalue weighted by atomic mass is 79.9. The van der Waals surface area contributed by atoms with Crippen molar-refractivity contribution in [2.75, 3.05) is 24.6 Å². The molecule has 2 aliphatic rings. The molecule has 0 aliphatic carbocycles. The number of esters is 1. The van der Waals surface area contributed by atoms with Gasteiger partial charge in [-0.1, -0.05) is 49.4 Å². The van der Waals surface area contributed by atoms with Crippen LogP contribution in [0.15, 0.2) is 60.3 Å². The molecule has 200 valence electrons. The minimum Gasteiger partial charge on any atom is -0.463 e. The molecule has 0 saturated carbocycles. The van der Waals surface area contributed by atoms with Crippen LogP contribution < -0.4 is 19.8 Å². The van der Waals surface area contributed by atoms with Crippen molar-refractivity contribution in [1.82, 2.24) is 4.57 Å². The number of nitrogens with zero attached hydrogens (tertiary/aromatic N) is 3. The lowest BCUT2D eigenvalue weighted by Crippen LogP contribution is -2.39. The summed E-state index contributed by atoms with van der Waals surface area (Å²) >= 11 is 4.93. The first-order valence-electron chi connectivity index (χ1n) is 13.1. The Labute approximate surface area is 234 Å². The number of hydrogen-bond donors (Lipinski definition) is 0. The first-order valence-corrected chi connectivity index (χ1v) is 14.7. The Balaban J connectivity index is 1.62. The number of ether oxygens (including phenoxy) is 1. The SMILES string of the molecule is CCOC(=O)C1=C(C)N=c2s/c(=C/c3cc(Br)c(N4CCCCC4)o3)c(=O)n2[C@@H]1c1ccc(C(C)C)cc1. The summed E-state index contributed by atoms with van der Waals surface area (Å²) in [4.78, 5) is 34.4. The number of halogens is 1. The summed E-state index contributed by atoms with van der Waals surface area (Å²) in [6.45, 7) is 10.00. The van der Waals surface area contributed by atoms with E-state index in [2.05, 4.69) is 51.8 Å². The van der Waals surface area contributed by atoms with Crippen molar-refractivity contribution >= 4 is 45.2 Å². The molecule has 2 aliphatic heterocycles. The second-order valence-corrected chi connectivity index (χ2v) is 11.8. The van der Waals surface area contributed by atoms with Crippen LogP contribution in [0.4, 0.5) is 5.88 Å². The molecule has 0 radical (unpaired) electrons. The van der Waals surface area contributed by atoms with Crippen LogP contribution in [0.3, 0.4) is 0 Å². The summed E-state index contributed by atoms with van der Waals surface area (Å²) in [5.41, 5.74) is 2.76. The van der Waals surface area contributed by atoms with Crippen molar-refractivity contribution < 1.29 is 13.9 Å². The van der Waals surface area contributed by atoms with Crippen LogP contribution in [0.1, 0.15) is 75.8 Å². The number of fused-ring (bicyclic) bond motifs is 1. The van der Waals surface area contributed by atoms with E-state index in [1.54, 1.807) is 24.5 Å². The summed E-state index contributed by atoms with van der Waals surface area (Å²) in [6, 6.07) is 9.36. The molecule has 1 atom stereocenters. The van der Waals surface area contributed by atoms with Crippen molar-refractivity contribution in [1.29, 1.82) is 0 Å². The Kier molecular flexibility index (Phi) is 7.77. The number of aromatic nitrogens is 1. The number of thiazole rings is 1. The molecular formula is C29H32BrN3O4S. The van der Waals surface area contributed by atoms with Crippen molar-refractivity contribution in [2.45, 2.75) is 58.9 Å². The van der Waals surface area contributed by atoms with E-state index in [-0.39, 0.29) is 12.2 Å². The number of rotatable bonds is 6. The van der Waals surface area contributed by atoms with Gasteiger partial charge in [0.2, 0.25) is 5.88 Å². The van der Waals surface area contributed by atoms with Crippen molar-refractivity contribution in [3.63, 3.8) is 0 Å². The molecule has 7 nitrogen and oxygen atoms in total. The lowest BCUT2D eigenvalue weighted by Gasteiger charge is -2.26. The molecule has 2 aromatic heterocycles. The Bertz CT molecular complexity index is 1560. The maximum Gasteiger partial charge on any atom is 0.338 e. The van der Waals surface area contributed by atoms with Gasteiger partial charge in [0.25, 0.3) is 5.56 Å². The highest BCUT2D eigenvalue weighted by molar-refractivity contribution is 9.10. The maximum atomic E-state index is 13.8. The predicted molar refractivity (Wildman–Crippen MR) is 153 cm³/mol. The molecule has 4 heterocycles. The van der Waals surface area contributed by atoms with Gasteiger partial charge in [0.15, 0.2) is 4.80 Å². The number of benzene rings is 1. The van der Waals surface area contributed by atoms with Crippen molar-refractivity contribution in [3.8, 4) is 0 Å². The Morgan fingerprint density at radius 1 is 1.24 bits per heavy atom. The lowest BCUT2D eigenvalue weighted by atomic mass is 9.93. The number of allylic oxidation sites excluding steroid dienone is 1. The van der Waals surface area contributed by atoms with Crippen molar-refractivity contribution in [2.24, 2.45) is 4.99 Å². The molecule has 38 heavy (non-hydrogen) atoms. The number of hydrogen-bond acceptors (Lipinski definition) is 7. The molecule has 1 fully saturated rings. The monoisotopic (exact) mass is 597 g/mol. The van der Waals surface area contributed by atoms with Crippen LogP contribution >= 0.6 is 27.3 Å². The molecule has 0 bridgehead atoms. The average Bonchev–Trinajstić information content (AvgIpc) is 3.42. The van der Waals surface area contributed by atoms with Crippen LogP contribution in [-0.2, 0) is 9.53 Å². The van der Waals surface area contributed by atoms with Crippen LogP contribution in [0.25, 0.3) is 6.08 Å². The Hall–Kier alpha value is -2.91. The van der Waals surface area contributed by atoms with Crippen molar-refractivity contribution in [3.05, 3.63) is 82.6 Å². The van der Waals surface area contributed by atoms with Gasteiger partial charge in [-0.05, 0) is 66.1 Å². The van der Waals surface area contributed by atoms with Gasteiger partial charge in [-0.15, -0.1) is 0 Å². The van der Waals surface area contributed by atoms with Crippen LogP contribution in [0, 0.1) is 0 Å². The number of piperidine rings is 1. The Morgan fingerprint density at radius 2 is 1.95 bits per heavy atom. The largest absolute Gasteiger partial charge is 0.463 e. The first-order chi connectivity index (χ1) is 18.3. The zero-order valence-electron chi connectivity index (χ0n) is 22.1. The Morgan fingerprint density at radius 3 is 2.61 bits per heavy atom. The summed E-state index contributed by atoms with van der Waals surface area (Å²) in [6.07, 6.45) is 5.28. The van der Waals surface area contributed by atoms with Crippen LogP contribution in [0.5, 0.6) is 0 Å². The third kappa shape index (κ3) is 5.06. The standard InChI is InChI=1S/C29H32BrN3O4S/c1-5-36-28(35)24-18(4)31-29-33(25(24)20-11-9-19(10-12-20)17(2)3)26(34)23(38-29)16-21-15-22(30)27(37-21)32-13-7-6-8-14-32/h9-12,15-17,25H,5-8,13-14H2,1-4H3/b23-16+/t25-/m1/s1. The predicted octanol–water partition coefficient (Wildman–Crippen LogP) is 5.27. The van der Waals surface area contributed by atoms with Gasteiger partial charge in [-0.2, -0.15) is 0 Å². The van der Waals surface area contributed by atoms with Crippen LogP contribution in [0.2, 0.25) is 0 Å². The highest BCUT2D eigenvalue weighted by Gasteiger charge is 2.33. The number of carbonyl (C=O) groups excluding carboxylic acids is 1. The van der Waals surface area contributed by atoms with E-state index >= 15 is 0 Å². The number of carbonyl (C=O) groups is 1. The minimum atomic E-state index is -0.624. The van der Waals surface area contributed by atoms with E-state index in [0.717, 1.165) is 41.9 Å². The van der Waals surface area contributed by atoms with E-state index < -0.39 is 12.0 Å². The molecule has 0 unspecified atom stereocenters. The van der Waals surface area contributed by atoms with Gasteiger partial charge in [0.1, 0.15) is 5.76 Å². The van der Waals surface area contributed by atoms with Gasteiger partial charge in [0, 0.05) is 25.2 Å². The minimum absolute atomic E-state index is 0.215. The molecule has 1 saturated heterocycles. The fourth-order valence-electron chi connectivity index (χ4n) is 5.06. The molecule has 9 heteroatoms. The van der Waals surface area contributed by atoms with E-state index in [0.29, 0.717) is 32.3 Å². The summed E-state index contributed by atoms with van der Waals surface area (Å²) in [5.74, 6) is 1.31. The highest BCUT2D eigenvalue weighted by Crippen LogP contribution is 2.33. The fraction of sp³-hybridized carbons (Fsp3) is 0.414. The van der Waals surface area contributed by atoms with Crippen LogP contribution in [-0.4, -0.2) is 30.2 Å². The maximum absolute atomic E-state index is 13.8. The van der Waals surface area contributed by atoms with Gasteiger partial charge >= 0.3 is 5.97 Å². The van der Waals surface area contributed by atoms with E-state index in [4.69, 9.17) is 9.15 Å². The molecule has 5 rings (SSSR count). The summed E-state index contributed by atoms with van der Waals surface area (Å²) in [5, 5.41) is 0. The lowest BCUT2D eigenvalue weighted by molar-refractivity contribution is -0.139. The normalized spacial score (nSPS) is 18.1. The van der Waals surface area contributed by atoms with Gasteiger partial charge in [-0.25, -0.2) is 9.79 Å². The zero-order chi connectivity index (χ0) is 27.0. The third-order valence-electron chi connectivity index (χ3n) is 7.04. The summed E-state index contributed by atoms with van der Waals surface area (Å²) < 4.78 is 14.6. The van der Waals surface area contributed by atoms with Gasteiger partial charge in [0.05, 0.1) is 32.9 Å². The van der Waals surface area contributed by atoms with Gasteiger partial charge in [-0.3, -0.25) is 9.36 Å². The van der Waals surface area contributed by atoms with E-state index in [9.17, 15) is 9.59 Å². The summed E-state index contributed by atoms with van der Waals surface area (Å²) in [7, 11) is 0. The quantitative estimate of drug-likeness (QED) is 0.362. The average molecular weight is 599 g/mol. The molecule has 1 aromatic carbocycles. The topological polar surface area (TPSA) is 77.0 Å². The fourth-order valence-corrected chi connectivity index (χ4v) is 6.64. The number of anilines is 1. The van der Waals surface area contributed by atoms with E-state index in [1.165, 1.54) is 23.3 Å². The molecule has 3 aromatic rings. The smallest absolute Gasteiger partial charge is 0.338 e.